The number of aryl methyl sites for hydroxylation is 1. The standard InChI is InChI=1S/C26H19F3N2O6S/c1-16-4-2-6-19(12-16)36-11-10-30-24(32)23(38-25(30)33)14-17-5-3-7-20(13-17)37-22-9-8-18(26(27,28)29)15-21(22)31(34)35/h2-9,12-15H,10-11H2,1H3/b23-14-. The molecule has 2 amide bonds. The van der Waals surface area contributed by atoms with Crippen molar-refractivity contribution in [1.82, 2.24) is 4.90 Å². The Labute approximate surface area is 218 Å². The fourth-order valence-corrected chi connectivity index (χ4v) is 4.39. The molecule has 0 spiro atoms. The van der Waals surface area contributed by atoms with Crippen molar-refractivity contribution in [1.29, 1.82) is 0 Å². The summed E-state index contributed by atoms with van der Waals surface area (Å²) in [7, 11) is 0. The van der Waals surface area contributed by atoms with Gasteiger partial charge < -0.3 is 9.47 Å². The Hall–Kier alpha value is -4.32. The maximum atomic E-state index is 13.0. The third-order valence-electron chi connectivity index (χ3n) is 5.31. The highest BCUT2D eigenvalue weighted by Gasteiger charge is 2.35. The summed E-state index contributed by atoms with van der Waals surface area (Å²) in [6, 6.07) is 15.4. The van der Waals surface area contributed by atoms with Gasteiger partial charge in [-0.25, -0.2) is 0 Å². The van der Waals surface area contributed by atoms with Crippen LogP contribution in [0.5, 0.6) is 17.2 Å². The Morgan fingerprint density at radius 2 is 1.76 bits per heavy atom. The number of imide groups is 1. The third-order valence-corrected chi connectivity index (χ3v) is 6.22. The van der Waals surface area contributed by atoms with Gasteiger partial charge in [-0.15, -0.1) is 0 Å². The van der Waals surface area contributed by atoms with E-state index in [1.807, 2.05) is 25.1 Å². The van der Waals surface area contributed by atoms with E-state index in [1.54, 1.807) is 12.1 Å². The molecule has 0 bridgehead atoms. The maximum Gasteiger partial charge on any atom is 0.416 e. The summed E-state index contributed by atoms with van der Waals surface area (Å²) < 4.78 is 50.0. The second-order valence-electron chi connectivity index (χ2n) is 8.11. The zero-order valence-electron chi connectivity index (χ0n) is 19.7. The van der Waals surface area contributed by atoms with Gasteiger partial charge in [0.1, 0.15) is 18.1 Å². The van der Waals surface area contributed by atoms with Crippen molar-refractivity contribution in [3.63, 3.8) is 0 Å². The number of amides is 2. The molecule has 0 aliphatic carbocycles. The van der Waals surface area contributed by atoms with Crippen LogP contribution >= 0.6 is 11.8 Å². The number of hydrogen-bond donors (Lipinski definition) is 0. The lowest BCUT2D eigenvalue weighted by Gasteiger charge is -2.13. The first kappa shape index (κ1) is 26.7. The number of hydrogen-bond acceptors (Lipinski definition) is 7. The van der Waals surface area contributed by atoms with E-state index < -0.39 is 33.5 Å². The van der Waals surface area contributed by atoms with Crippen molar-refractivity contribution in [3.8, 4) is 17.2 Å². The predicted octanol–water partition coefficient (Wildman–Crippen LogP) is 6.83. The van der Waals surface area contributed by atoms with Gasteiger partial charge in [-0.2, -0.15) is 13.2 Å². The highest BCUT2D eigenvalue weighted by atomic mass is 32.2. The minimum Gasteiger partial charge on any atom is -0.492 e. The Bertz CT molecular complexity index is 1440. The summed E-state index contributed by atoms with van der Waals surface area (Å²) in [5, 5.41) is 10.9. The lowest BCUT2D eigenvalue weighted by atomic mass is 10.1. The van der Waals surface area contributed by atoms with Crippen LogP contribution in [0.25, 0.3) is 6.08 Å². The molecule has 1 aliphatic heterocycles. The normalized spacial score (nSPS) is 14.7. The van der Waals surface area contributed by atoms with Gasteiger partial charge in [0.15, 0.2) is 0 Å². The smallest absolute Gasteiger partial charge is 0.416 e. The summed E-state index contributed by atoms with van der Waals surface area (Å²) in [4.78, 5) is 36.8. The largest absolute Gasteiger partial charge is 0.492 e. The second-order valence-corrected chi connectivity index (χ2v) is 9.10. The minimum atomic E-state index is -4.75. The molecule has 1 saturated heterocycles. The van der Waals surface area contributed by atoms with Gasteiger partial charge in [0.25, 0.3) is 11.1 Å². The number of carbonyl (C=O) groups is 2. The number of alkyl halides is 3. The lowest BCUT2D eigenvalue weighted by Crippen LogP contribution is -2.32. The van der Waals surface area contributed by atoms with E-state index in [9.17, 15) is 32.9 Å². The topological polar surface area (TPSA) is 99.0 Å². The maximum absolute atomic E-state index is 13.0. The minimum absolute atomic E-state index is 0.0523. The fourth-order valence-electron chi connectivity index (χ4n) is 3.52. The number of nitrogens with zero attached hydrogens (tertiary/aromatic N) is 2. The first-order valence-electron chi connectivity index (χ1n) is 11.1. The number of nitro benzene ring substituents is 1. The van der Waals surface area contributed by atoms with Crippen molar-refractivity contribution in [2.24, 2.45) is 0 Å². The van der Waals surface area contributed by atoms with Gasteiger partial charge in [-0.3, -0.25) is 24.6 Å². The van der Waals surface area contributed by atoms with Crippen LogP contribution in [0.4, 0.5) is 23.7 Å². The van der Waals surface area contributed by atoms with Crippen LogP contribution in [0, 0.1) is 17.0 Å². The van der Waals surface area contributed by atoms with Gasteiger partial charge in [-0.05, 0) is 72.3 Å². The Balaban J connectivity index is 1.46. The van der Waals surface area contributed by atoms with E-state index in [2.05, 4.69) is 0 Å². The number of benzene rings is 3. The van der Waals surface area contributed by atoms with E-state index in [4.69, 9.17) is 9.47 Å². The molecule has 8 nitrogen and oxygen atoms in total. The highest BCUT2D eigenvalue weighted by molar-refractivity contribution is 8.18. The van der Waals surface area contributed by atoms with Crippen LogP contribution in [0.2, 0.25) is 0 Å². The van der Waals surface area contributed by atoms with Crippen LogP contribution in [0.15, 0.2) is 71.6 Å². The molecule has 0 aromatic heterocycles. The molecule has 4 rings (SSSR count). The summed E-state index contributed by atoms with van der Waals surface area (Å²) in [6.07, 6.45) is -3.29. The molecule has 1 heterocycles. The van der Waals surface area contributed by atoms with Crippen LogP contribution in [-0.2, 0) is 11.0 Å². The van der Waals surface area contributed by atoms with Crippen LogP contribution in [0.3, 0.4) is 0 Å². The summed E-state index contributed by atoms with van der Waals surface area (Å²) in [5.41, 5.74) is -0.571. The van der Waals surface area contributed by atoms with Crippen molar-refractivity contribution in [2.75, 3.05) is 13.2 Å². The predicted molar refractivity (Wildman–Crippen MR) is 134 cm³/mol. The Kier molecular flexibility index (Phi) is 7.72. The first-order valence-corrected chi connectivity index (χ1v) is 11.9. The van der Waals surface area contributed by atoms with Gasteiger partial charge in [0.05, 0.1) is 21.9 Å². The number of ether oxygens (including phenoxy) is 2. The molecule has 0 saturated carbocycles. The number of rotatable bonds is 8. The van der Waals surface area contributed by atoms with E-state index in [-0.39, 0.29) is 29.6 Å². The number of carbonyl (C=O) groups excluding carboxylic acids is 2. The van der Waals surface area contributed by atoms with E-state index >= 15 is 0 Å². The van der Waals surface area contributed by atoms with Crippen LogP contribution < -0.4 is 9.47 Å². The Morgan fingerprint density at radius 3 is 2.47 bits per heavy atom. The van der Waals surface area contributed by atoms with E-state index in [0.717, 1.165) is 28.3 Å². The number of halogens is 3. The summed E-state index contributed by atoms with van der Waals surface area (Å²) in [5.74, 6) is -0.170. The van der Waals surface area contributed by atoms with Crippen LogP contribution in [0.1, 0.15) is 16.7 Å². The summed E-state index contributed by atoms with van der Waals surface area (Å²) in [6.45, 7) is 2.08. The monoisotopic (exact) mass is 544 g/mol. The molecule has 1 fully saturated rings. The third kappa shape index (κ3) is 6.32. The zero-order valence-corrected chi connectivity index (χ0v) is 20.5. The average molecular weight is 545 g/mol. The van der Waals surface area contributed by atoms with Crippen molar-refractivity contribution >= 4 is 34.7 Å². The van der Waals surface area contributed by atoms with E-state index in [0.29, 0.717) is 23.4 Å². The van der Waals surface area contributed by atoms with Gasteiger partial charge in [-0.1, -0.05) is 24.3 Å². The molecule has 1 aliphatic rings. The summed E-state index contributed by atoms with van der Waals surface area (Å²) >= 11 is 0.752. The van der Waals surface area contributed by atoms with Crippen LogP contribution in [-0.4, -0.2) is 34.1 Å². The van der Waals surface area contributed by atoms with Crippen molar-refractivity contribution in [3.05, 3.63) is 98.4 Å². The lowest BCUT2D eigenvalue weighted by molar-refractivity contribution is -0.385. The second kappa shape index (κ2) is 11.0. The Morgan fingerprint density at radius 1 is 1.03 bits per heavy atom. The molecule has 38 heavy (non-hydrogen) atoms. The van der Waals surface area contributed by atoms with Gasteiger partial charge in [0, 0.05) is 6.07 Å². The number of nitro groups is 1. The molecule has 0 unspecified atom stereocenters. The SMILES string of the molecule is Cc1cccc(OCCN2C(=O)S/C(=C\c3cccc(Oc4ccc(C(F)(F)F)cc4[N+](=O)[O-])c3)C2=O)c1. The quantitative estimate of drug-likeness (QED) is 0.174. The molecular formula is C26H19F3N2O6S. The average Bonchev–Trinajstić information content (AvgIpc) is 3.11. The van der Waals surface area contributed by atoms with Gasteiger partial charge in [0.2, 0.25) is 5.75 Å². The first-order chi connectivity index (χ1) is 18.0. The highest BCUT2D eigenvalue weighted by Crippen LogP contribution is 2.38. The number of thioether (sulfide) groups is 1. The zero-order chi connectivity index (χ0) is 27.4. The van der Waals surface area contributed by atoms with Crippen molar-refractivity contribution < 1.29 is 37.2 Å². The van der Waals surface area contributed by atoms with Gasteiger partial charge >= 0.3 is 11.9 Å². The molecule has 0 N–H and O–H groups in total. The molecule has 12 heteroatoms. The fraction of sp³-hybridized carbons (Fsp3) is 0.154. The molecule has 3 aromatic carbocycles. The molecule has 3 aromatic rings. The molecular weight excluding hydrogens is 525 g/mol. The molecule has 196 valence electrons. The molecule has 0 radical (unpaired) electrons. The van der Waals surface area contributed by atoms with Crippen molar-refractivity contribution in [2.45, 2.75) is 13.1 Å². The molecule has 0 atom stereocenters. The van der Waals surface area contributed by atoms with E-state index in [1.165, 1.54) is 24.3 Å².